The van der Waals surface area contributed by atoms with Crippen LogP contribution in [0.2, 0.25) is 0 Å². The summed E-state index contributed by atoms with van der Waals surface area (Å²) in [5.41, 5.74) is 3.60. The highest BCUT2D eigenvalue weighted by atomic mass is 15.1. The number of nitrogens with zero attached hydrogens (tertiary/aromatic N) is 3. The van der Waals surface area contributed by atoms with Crippen molar-refractivity contribution in [3.05, 3.63) is 35.8 Å². The zero-order valence-electron chi connectivity index (χ0n) is 11.3. The zero-order valence-corrected chi connectivity index (χ0v) is 11.3. The molecule has 0 atom stereocenters. The van der Waals surface area contributed by atoms with Gasteiger partial charge in [-0.1, -0.05) is 0 Å². The molecule has 2 aromatic rings. The summed E-state index contributed by atoms with van der Waals surface area (Å²) in [6.45, 7) is 4.58. The summed E-state index contributed by atoms with van der Waals surface area (Å²) in [5, 5.41) is 0. The second-order valence-corrected chi connectivity index (χ2v) is 5.65. The third-order valence-electron chi connectivity index (χ3n) is 4.00. The number of rotatable bonds is 2. The highest BCUT2D eigenvalue weighted by molar-refractivity contribution is 5.42. The van der Waals surface area contributed by atoms with Crippen molar-refractivity contribution in [3.63, 3.8) is 0 Å². The SMILES string of the molecule is Cc1ccn2cc(CC3CCN(C)CC3)nc2c1. The summed E-state index contributed by atoms with van der Waals surface area (Å²) >= 11 is 0. The van der Waals surface area contributed by atoms with E-state index in [9.17, 15) is 0 Å². The van der Waals surface area contributed by atoms with Crippen LogP contribution in [0.4, 0.5) is 0 Å². The molecule has 3 heterocycles. The van der Waals surface area contributed by atoms with Gasteiger partial charge in [-0.25, -0.2) is 4.98 Å². The zero-order chi connectivity index (χ0) is 12.5. The van der Waals surface area contributed by atoms with Gasteiger partial charge < -0.3 is 9.30 Å². The molecular weight excluding hydrogens is 222 g/mol. The quantitative estimate of drug-likeness (QED) is 0.808. The number of aryl methyl sites for hydroxylation is 1. The van der Waals surface area contributed by atoms with Crippen LogP contribution in [-0.4, -0.2) is 34.4 Å². The van der Waals surface area contributed by atoms with Gasteiger partial charge in [0.05, 0.1) is 5.69 Å². The molecule has 3 rings (SSSR count). The molecule has 0 radical (unpaired) electrons. The Morgan fingerprint density at radius 1 is 1.33 bits per heavy atom. The van der Waals surface area contributed by atoms with Crippen LogP contribution in [0.25, 0.3) is 5.65 Å². The van der Waals surface area contributed by atoms with Crippen molar-refractivity contribution in [1.29, 1.82) is 0 Å². The molecule has 1 saturated heterocycles. The Bertz CT molecular complexity index is 536. The second kappa shape index (κ2) is 4.73. The van der Waals surface area contributed by atoms with Gasteiger partial charge in [-0.2, -0.15) is 0 Å². The Labute approximate surface area is 108 Å². The van der Waals surface area contributed by atoms with E-state index < -0.39 is 0 Å². The summed E-state index contributed by atoms with van der Waals surface area (Å²) < 4.78 is 2.14. The van der Waals surface area contributed by atoms with Crippen LogP contribution in [-0.2, 0) is 6.42 Å². The highest BCUT2D eigenvalue weighted by Crippen LogP contribution is 2.20. The van der Waals surface area contributed by atoms with E-state index >= 15 is 0 Å². The maximum atomic E-state index is 4.74. The first-order valence-corrected chi connectivity index (χ1v) is 6.83. The fourth-order valence-electron chi connectivity index (χ4n) is 2.80. The van der Waals surface area contributed by atoms with Gasteiger partial charge in [0.1, 0.15) is 5.65 Å². The Balaban J connectivity index is 1.74. The van der Waals surface area contributed by atoms with E-state index in [0.29, 0.717) is 0 Å². The Morgan fingerprint density at radius 2 is 2.11 bits per heavy atom. The first-order valence-electron chi connectivity index (χ1n) is 6.83. The minimum atomic E-state index is 0.812. The van der Waals surface area contributed by atoms with Gasteiger partial charge in [-0.3, -0.25) is 0 Å². The molecule has 96 valence electrons. The lowest BCUT2D eigenvalue weighted by Crippen LogP contribution is -2.30. The van der Waals surface area contributed by atoms with Gasteiger partial charge in [0, 0.05) is 12.4 Å². The van der Waals surface area contributed by atoms with Gasteiger partial charge in [0.15, 0.2) is 0 Å². The average Bonchev–Trinajstić information content (AvgIpc) is 2.73. The van der Waals surface area contributed by atoms with Gasteiger partial charge in [0.2, 0.25) is 0 Å². The monoisotopic (exact) mass is 243 g/mol. The lowest BCUT2D eigenvalue weighted by atomic mass is 9.93. The summed E-state index contributed by atoms with van der Waals surface area (Å²) in [6.07, 6.45) is 8.05. The van der Waals surface area contributed by atoms with Crippen molar-refractivity contribution >= 4 is 5.65 Å². The fraction of sp³-hybridized carbons (Fsp3) is 0.533. The Morgan fingerprint density at radius 3 is 2.89 bits per heavy atom. The van der Waals surface area contributed by atoms with E-state index in [0.717, 1.165) is 18.0 Å². The van der Waals surface area contributed by atoms with Crippen LogP contribution < -0.4 is 0 Å². The van der Waals surface area contributed by atoms with Gasteiger partial charge in [-0.05, 0) is 69.9 Å². The maximum Gasteiger partial charge on any atom is 0.137 e. The number of fused-ring (bicyclic) bond motifs is 1. The van der Waals surface area contributed by atoms with E-state index in [1.807, 2.05) is 0 Å². The number of likely N-dealkylation sites (tertiary alicyclic amines) is 1. The van der Waals surface area contributed by atoms with Crippen LogP contribution >= 0.6 is 0 Å². The first kappa shape index (κ1) is 11.7. The normalized spacial score (nSPS) is 18.6. The molecule has 3 nitrogen and oxygen atoms in total. The Hall–Kier alpha value is -1.35. The van der Waals surface area contributed by atoms with Crippen molar-refractivity contribution in [2.24, 2.45) is 5.92 Å². The van der Waals surface area contributed by atoms with Crippen molar-refractivity contribution in [1.82, 2.24) is 14.3 Å². The second-order valence-electron chi connectivity index (χ2n) is 5.65. The minimum Gasteiger partial charge on any atom is -0.307 e. The van der Waals surface area contributed by atoms with Gasteiger partial charge in [0.25, 0.3) is 0 Å². The average molecular weight is 243 g/mol. The first-order chi connectivity index (χ1) is 8.70. The number of hydrogen-bond acceptors (Lipinski definition) is 2. The molecule has 0 aliphatic carbocycles. The summed E-state index contributed by atoms with van der Waals surface area (Å²) in [4.78, 5) is 7.16. The number of hydrogen-bond donors (Lipinski definition) is 0. The molecule has 0 amide bonds. The van der Waals surface area contributed by atoms with E-state index in [2.05, 4.69) is 47.8 Å². The fourth-order valence-corrected chi connectivity index (χ4v) is 2.80. The topological polar surface area (TPSA) is 20.5 Å². The molecule has 0 spiro atoms. The standard InChI is InChI=1S/C15H21N3/c1-12-3-8-18-11-14(16-15(18)9-12)10-13-4-6-17(2)7-5-13/h3,8-9,11,13H,4-7,10H2,1-2H3. The summed E-state index contributed by atoms with van der Waals surface area (Å²) in [7, 11) is 2.21. The van der Waals surface area contributed by atoms with Crippen molar-refractivity contribution in [3.8, 4) is 0 Å². The van der Waals surface area contributed by atoms with E-state index in [1.54, 1.807) is 0 Å². The molecule has 1 aliphatic rings. The largest absolute Gasteiger partial charge is 0.307 e. The number of aromatic nitrogens is 2. The Kier molecular flexibility index (Phi) is 3.08. The lowest BCUT2D eigenvalue weighted by molar-refractivity contribution is 0.218. The van der Waals surface area contributed by atoms with Gasteiger partial charge >= 0.3 is 0 Å². The van der Waals surface area contributed by atoms with Crippen LogP contribution in [0.5, 0.6) is 0 Å². The molecule has 0 bridgehead atoms. The van der Waals surface area contributed by atoms with E-state index in [1.165, 1.54) is 37.2 Å². The highest BCUT2D eigenvalue weighted by Gasteiger charge is 2.18. The number of imidazole rings is 1. The molecule has 18 heavy (non-hydrogen) atoms. The molecule has 2 aromatic heterocycles. The molecule has 1 fully saturated rings. The van der Waals surface area contributed by atoms with Crippen LogP contribution in [0, 0.1) is 12.8 Å². The molecule has 0 N–H and O–H groups in total. The van der Waals surface area contributed by atoms with E-state index in [4.69, 9.17) is 4.98 Å². The smallest absolute Gasteiger partial charge is 0.137 e. The van der Waals surface area contributed by atoms with Crippen molar-refractivity contribution in [2.45, 2.75) is 26.2 Å². The maximum absolute atomic E-state index is 4.74. The summed E-state index contributed by atoms with van der Waals surface area (Å²) in [6, 6.07) is 4.28. The van der Waals surface area contributed by atoms with Crippen molar-refractivity contribution in [2.75, 3.05) is 20.1 Å². The third-order valence-corrected chi connectivity index (χ3v) is 4.00. The van der Waals surface area contributed by atoms with Crippen molar-refractivity contribution < 1.29 is 0 Å². The van der Waals surface area contributed by atoms with Crippen LogP contribution in [0.1, 0.15) is 24.1 Å². The predicted molar refractivity (Wildman–Crippen MR) is 73.9 cm³/mol. The molecule has 0 saturated carbocycles. The van der Waals surface area contributed by atoms with Gasteiger partial charge in [-0.15, -0.1) is 0 Å². The summed E-state index contributed by atoms with van der Waals surface area (Å²) in [5.74, 6) is 0.812. The molecule has 1 aliphatic heterocycles. The van der Waals surface area contributed by atoms with Crippen LogP contribution in [0.15, 0.2) is 24.5 Å². The predicted octanol–water partition coefficient (Wildman–Crippen LogP) is 2.53. The third kappa shape index (κ3) is 2.41. The molecule has 0 aromatic carbocycles. The molecular formula is C15H21N3. The molecule has 0 unspecified atom stereocenters. The minimum absolute atomic E-state index is 0.812. The van der Waals surface area contributed by atoms with Crippen LogP contribution in [0.3, 0.4) is 0 Å². The number of piperidine rings is 1. The van der Waals surface area contributed by atoms with E-state index in [-0.39, 0.29) is 0 Å². The lowest BCUT2D eigenvalue weighted by Gasteiger charge is -2.28. The number of pyridine rings is 1. The molecule has 3 heteroatoms.